The fourth-order valence-corrected chi connectivity index (χ4v) is 3.83. The molecule has 0 aliphatic heterocycles. The lowest BCUT2D eigenvalue weighted by Crippen LogP contribution is -2.25. The molecule has 2 aliphatic carbocycles. The maximum atomic E-state index is 12.4. The standard InChI is InChI=1S/C24H22N6O3/c1-25-21-16-10-26-20(30-22(31)12-2-3-12)9-15(16)17(11-27-21)24-29-18-8-13(4-7-19(18)33-24)23(32)28-14-5-6-14/h4,7-12,14H,2-3,5-6H2,1H3,(H,25,27)(H,28,32)(H,26,30,31). The van der Waals surface area contributed by atoms with Gasteiger partial charge in [0, 0.05) is 47.7 Å². The summed E-state index contributed by atoms with van der Waals surface area (Å²) in [6.07, 6.45) is 7.27. The summed E-state index contributed by atoms with van der Waals surface area (Å²) in [6, 6.07) is 7.34. The van der Waals surface area contributed by atoms with Gasteiger partial charge in [0.15, 0.2) is 5.58 Å². The number of rotatable bonds is 6. The van der Waals surface area contributed by atoms with Crippen molar-refractivity contribution in [2.45, 2.75) is 31.7 Å². The van der Waals surface area contributed by atoms with Gasteiger partial charge in [-0.2, -0.15) is 0 Å². The topological polar surface area (TPSA) is 122 Å². The van der Waals surface area contributed by atoms with E-state index in [0.29, 0.717) is 39.8 Å². The Bertz CT molecular complexity index is 1420. The molecule has 2 aliphatic rings. The smallest absolute Gasteiger partial charge is 0.251 e. The first-order valence-electron chi connectivity index (χ1n) is 11.1. The lowest BCUT2D eigenvalue weighted by molar-refractivity contribution is -0.117. The second-order valence-corrected chi connectivity index (χ2v) is 8.60. The maximum Gasteiger partial charge on any atom is 0.251 e. The SMILES string of the molecule is CNc1ncc(-c2nc3cc(C(=O)NC4CC4)ccc3o2)c2cc(NC(=O)C3CC3)ncc12. The van der Waals surface area contributed by atoms with Gasteiger partial charge in [-0.25, -0.2) is 15.0 Å². The van der Waals surface area contributed by atoms with E-state index >= 15 is 0 Å². The van der Waals surface area contributed by atoms with Crippen molar-refractivity contribution in [3.63, 3.8) is 0 Å². The van der Waals surface area contributed by atoms with Gasteiger partial charge in [0.05, 0.1) is 5.56 Å². The third-order valence-corrected chi connectivity index (χ3v) is 6.00. The molecule has 2 amide bonds. The first-order chi connectivity index (χ1) is 16.1. The van der Waals surface area contributed by atoms with Crippen LogP contribution < -0.4 is 16.0 Å². The number of benzene rings is 1. The molecule has 33 heavy (non-hydrogen) atoms. The number of aromatic nitrogens is 3. The Kier molecular flexibility index (Phi) is 4.49. The summed E-state index contributed by atoms with van der Waals surface area (Å²) in [4.78, 5) is 38.2. The Morgan fingerprint density at radius 3 is 2.64 bits per heavy atom. The molecular formula is C24H22N6O3. The minimum absolute atomic E-state index is 0.00911. The predicted octanol–water partition coefficient (Wildman–Crippen LogP) is 3.72. The number of anilines is 2. The molecule has 6 rings (SSSR count). The van der Waals surface area contributed by atoms with Crippen LogP contribution in [0.5, 0.6) is 0 Å². The van der Waals surface area contributed by atoms with Crippen molar-refractivity contribution < 1.29 is 14.0 Å². The number of nitrogens with zero attached hydrogens (tertiary/aromatic N) is 3. The van der Waals surface area contributed by atoms with Gasteiger partial charge < -0.3 is 20.4 Å². The van der Waals surface area contributed by atoms with Gasteiger partial charge in [-0.15, -0.1) is 0 Å². The van der Waals surface area contributed by atoms with Crippen molar-refractivity contribution in [3.05, 3.63) is 42.2 Å². The van der Waals surface area contributed by atoms with Crippen LogP contribution in [-0.4, -0.2) is 39.9 Å². The molecule has 4 aromatic rings. The number of pyridine rings is 2. The van der Waals surface area contributed by atoms with Crippen molar-refractivity contribution in [1.29, 1.82) is 0 Å². The molecule has 0 atom stereocenters. The van der Waals surface area contributed by atoms with Gasteiger partial charge in [-0.05, 0) is 49.9 Å². The highest BCUT2D eigenvalue weighted by Gasteiger charge is 2.30. The predicted molar refractivity (Wildman–Crippen MR) is 124 cm³/mol. The first-order valence-corrected chi connectivity index (χ1v) is 11.1. The van der Waals surface area contributed by atoms with Crippen molar-refractivity contribution in [3.8, 4) is 11.5 Å². The van der Waals surface area contributed by atoms with Crippen LogP contribution >= 0.6 is 0 Å². The number of hydrogen-bond donors (Lipinski definition) is 3. The number of oxazole rings is 1. The molecule has 3 heterocycles. The van der Waals surface area contributed by atoms with Crippen LogP contribution in [0.1, 0.15) is 36.0 Å². The summed E-state index contributed by atoms with van der Waals surface area (Å²) >= 11 is 0. The molecule has 9 heteroatoms. The second kappa shape index (κ2) is 7.54. The van der Waals surface area contributed by atoms with Crippen LogP contribution in [0.25, 0.3) is 33.3 Å². The number of hydrogen-bond acceptors (Lipinski definition) is 7. The van der Waals surface area contributed by atoms with Crippen LogP contribution in [0.3, 0.4) is 0 Å². The summed E-state index contributed by atoms with van der Waals surface area (Å²) in [5, 5.41) is 10.5. The van der Waals surface area contributed by atoms with Gasteiger partial charge >= 0.3 is 0 Å². The number of nitrogens with one attached hydrogen (secondary N) is 3. The summed E-state index contributed by atoms with van der Waals surface area (Å²) < 4.78 is 6.02. The number of amides is 2. The van der Waals surface area contributed by atoms with E-state index in [2.05, 4.69) is 30.9 Å². The van der Waals surface area contributed by atoms with Crippen LogP contribution in [-0.2, 0) is 4.79 Å². The minimum Gasteiger partial charge on any atom is -0.436 e. The molecule has 166 valence electrons. The van der Waals surface area contributed by atoms with Crippen molar-refractivity contribution in [2.24, 2.45) is 5.92 Å². The Labute approximate surface area is 189 Å². The minimum atomic E-state index is -0.100. The molecule has 2 fully saturated rings. The molecule has 3 aromatic heterocycles. The van der Waals surface area contributed by atoms with E-state index in [0.717, 1.165) is 36.5 Å². The monoisotopic (exact) mass is 442 g/mol. The zero-order valence-corrected chi connectivity index (χ0v) is 18.0. The van der Waals surface area contributed by atoms with Gasteiger partial charge in [-0.1, -0.05) is 0 Å². The molecular weight excluding hydrogens is 420 g/mol. The Morgan fingerprint density at radius 2 is 1.88 bits per heavy atom. The molecule has 3 N–H and O–H groups in total. The average molecular weight is 442 g/mol. The average Bonchev–Trinajstić information content (AvgIpc) is 3.75. The number of fused-ring (bicyclic) bond motifs is 2. The van der Waals surface area contributed by atoms with Gasteiger partial charge in [0.1, 0.15) is 17.2 Å². The molecule has 0 bridgehead atoms. The molecule has 0 unspecified atom stereocenters. The normalized spacial score (nSPS) is 15.5. The Balaban J connectivity index is 1.41. The molecule has 0 saturated heterocycles. The quantitative estimate of drug-likeness (QED) is 0.416. The highest BCUT2D eigenvalue weighted by molar-refractivity contribution is 6.03. The zero-order valence-electron chi connectivity index (χ0n) is 18.0. The lowest BCUT2D eigenvalue weighted by atomic mass is 10.1. The number of carbonyl (C=O) groups is 2. The van der Waals surface area contributed by atoms with E-state index < -0.39 is 0 Å². The third-order valence-electron chi connectivity index (χ3n) is 6.00. The molecule has 0 radical (unpaired) electrons. The maximum absolute atomic E-state index is 12.4. The fraction of sp³-hybridized carbons (Fsp3) is 0.292. The van der Waals surface area contributed by atoms with Gasteiger partial charge in [0.25, 0.3) is 5.91 Å². The van der Waals surface area contributed by atoms with Crippen molar-refractivity contribution >= 4 is 45.3 Å². The van der Waals surface area contributed by atoms with E-state index in [4.69, 9.17) is 4.42 Å². The van der Waals surface area contributed by atoms with E-state index in [1.54, 1.807) is 37.6 Å². The molecule has 9 nitrogen and oxygen atoms in total. The Hall–Kier alpha value is -4.01. The van der Waals surface area contributed by atoms with E-state index in [1.165, 1.54) is 0 Å². The third kappa shape index (κ3) is 3.75. The summed E-state index contributed by atoms with van der Waals surface area (Å²) in [5.41, 5.74) is 2.40. The van der Waals surface area contributed by atoms with Crippen LogP contribution in [0, 0.1) is 5.92 Å². The molecule has 1 aromatic carbocycles. The van der Waals surface area contributed by atoms with E-state index in [1.807, 2.05) is 6.07 Å². The Morgan fingerprint density at radius 1 is 1.03 bits per heavy atom. The molecule has 2 saturated carbocycles. The first kappa shape index (κ1) is 19.7. The number of carbonyl (C=O) groups excluding carboxylic acids is 2. The van der Waals surface area contributed by atoms with Gasteiger partial charge in [0.2, 0.25) is 11.8 Å². The highest BCUT2D eigenvalue weighted by Crippen LogP contribution is 2.35. The van der Waals surface area contributed by atoms with Crippen molar-refractivity contribution in [1.82, 2.24) is 20.3 Å². The lowest BCUT2D eigenvalue weighted by Gasteiger charge is -2.10. The van der Waals surface area contributed by atoms with E-state index in [9.17, 15) is 9.59 Å². The summed E-state index contributed by atoms with van der Waals surface area (Å²) in [7, 11) is 1.79. The van der Waals surface area contributed by atoms with Gasteiger partial charge in [-0.3, -0.25) is 9.59 Å². The van der Waals surface area contributed by atoms with Crippen molar-refractivity contribution in [2.75, 3.05) is 17.7 Å². The second-order valence-electron chi connectivity index (χ2n) is 8.60. The highest BCUT2D eigenvalue weighted by atomic mass is 16.3. The summed E-state index contributed by atoms with van der Waals surface area (Å²) in [5.74, 6) is 1.49. The zero-order chi connectivity index (χ0) is 22.5. The summed E-state index contributed by atoms with van der Waals surface area (Å²) in [6.45, 7) is 0. The molecule has 0 spiro atoms. The van der Waals surface area contributed by atoms with Crippen LogP contribution in [0.4, 0.5) is 11.6 Å². The van der Waals surface area contributed by atoms with Crippen LogP contribution in [0.15, 0.2) is 41.1 Å². The fourth-order valence-electron chi connectivity index (χ4n) is 3.83. The van der Waals surface area contributed by atoms with E-state index in [-0.39, 0.29) is 23.8 Å². The van der Waals surface area contributed by atoms with Crippen LogP contribution in [0.2, 0.25) is 0 Å². The largest absolute Gasteiger partial charge is 0.436 e.